The molecule has 1 aliphatic heterocycles. The van der Waals surface area contributed by atoms with Crippen molar-refractivity contribution in [3.8, 4) is 0 Å². The Hall–Kier alpha value is -3.08. The summed E-state index contributed by atoms with van der Waals surface area (Å²) in [5, 5.41) is 4.20. The Balaban J connectivity index is 1.52. The highest BCUT2D eigenvalue weighted by Gasteiger charge is 2.38. The third-order valence-electron chi connectivity index (χ3n) is 6.20. The summed E-state index contributed by atoms with van der Waals surface area (Å²) in [5.74, 6) is 0.0000988. The first kappa shape index (κ1) is 21.2. The van der Waals surface area contributed by atoms with Gasteiger partial charge in [-0.15, -0.1) is 0 Å². The van der Waals surface area contributed by atoms with Crippen LogP contribution in [-0.4, -0.2) is 34.3 Å². The number of carbonyl (C=O) groups is 2. The molecule has 0 bridgehead atoms. The zero-order valence-electron chi connectivity index (χ0n) is 18.4. The highest BCUT2D eigenvalue weighted by molar-refractivity contribution is 6.01. The van der Waals surface area contributed by atoms with Crippen LogP contribution in [0.5, 0.6) is 0 Å². The molecule has 0 spiro atoms. The van der Waals surface area contributed by atoms with Crippen molar-refractivity contribution in [2.24, 2.45) is 0 Å². The van der Waals surface area contributed by atoms with Crippen LogP contribution in [0.3, 0.4) is 0 Å². The molecule has 5 heteroatoms. The van der Waals surface area contributed by atoms with E-state index in [9.17, 15) is 9.59 Å². The number of para-hydroxylation sites is 1. The van der Waals surface area contributed by atoms with Gasteiger partial charge in [0.1, 0.15) is 0 Å². The van der Waals surface area contributed by atoms with Gasteiger partial charge in [-0.05, 0) is 31.0 Å². The molecule has 2 atom stereocenters. The molecule has 162 valence electrons. The third-order valence-corrected chi connectivity index (χ3v) is 6.20. The molecule has 0 saturated heterocycles. The van der Waals surface area contributed by atoms with Crippen molar-refractivity contribution in [3.05, 3.63) is 71.4 Å². The summed E-state index contributed by atoms with van der Waals surface area (Å²) in [6.45, 7) is 4.63. The van der Waals surface area contributed by atoms with Gasteiger partial charge >= 0.3 is 0 Å². The van der Waals surface area contributed by atoms with Gasteiger partial charge in [-0.25, -0.2) is 0 Å². The highest BCUT2D eigenvalue weighted by atomic mass is 16.2. The number of nitrogens with one attached hydrogen (secondary N) is 2. The van der Waals surface area contributed by atoms with Gasteiger partial charge in [-0.3, -0.25) is 9.59 Å². The molecule has 2 heterocycles. The van der Waals surface area contributed by atoms with E-state index in [2.05, 4.69) is 30.2 Å². The number of aromatic amines is 1. The average molecular weight is 418 g/mol. The van der Waals surface area contributed by atoms with E-state index in [-0.39, 0.29) is 23.9 Å². The first-order valence-electron chi connectivity index (χ1n) is 11.4. The van der Waals surface area contributed by atoms with Crippen molar-refractivity contribution in [2.75, 3.05) is 6.54 Å². The van der Waals surface area contributed by atoms with Crippen molar-refractivity contribution < 1.29 is 9.59 Å². The molecule has 0 aliphatic carbocycles. The van der Waals surface area contributed by atoms with E-state index in [0.717, 1.165) is 40.4 Å². The molecule has 1 aromatic heterocycles. The Morgan fingerprint density at radius 1 is 1.10 bits per heavy atom. The van der Waals surface area contributed by atoms with Crippen molar-refractivity contribution in [1.29, 1.82) is 0 Å². The Bertz CT molecular complexity index is 1070. The lowest BCUT2D eigenvalue weighted by atomic mass is 9.97. The topological polar surface area (TPSA) is 65.2 Å². The summed E-state index contributed by atoms with van der Waals surface area (Å²) in [6, 6.07) is 15.9. The highest BCUT2D eigenvalue weighted by Crippen LogP contribution is 2.41. The van der Waals surface area contributed by atoms with Crippen molar-refractivity contribution >= 4 is 22.7 Å². The number of carbonyl (C=O) groups excluding carboxylic acids is 2. The lowest BCUT2D eigenvalue weighted by Crippen LogP contribution is -2.37. The summed E-state index contributed by atoms with van der Waals surface area (Å²) in [5.41, 5.74) is 3.85. The minimum atomic E-state index is -0.186. The summed E-state index contributed by atoms with van der Waals surface area (Å²) in [4.78, 5) is 31.0. The second kappa shape index (κ2) is 9.38. The van der Waals surface area contributed by atoms with Crippen molar-refractivity contribution in [2.45, 2.75) is 58.0 Å². The van der Waals surface area contributed by atoms with E-state index < -0.39 is 0 Å². The molecule has 2 N–H and O–H groups in total. The number of fused-ring (bicyclic) bond motifs is 2. The molecule has 5 nitrogen and oxygen atoms in total. The van der Waals surface area contributed by atoms with Crippen LogP contribution < -0.4 is 5.32 Å². The molecule has 0 fully saturated rings. The second-order valence-electron chi connectivity index (χ2n) is 8.49. The number of hydrogen-bond acceptors (Lipinski definition) is 2. The molecule has 31 heavy (non-hydrogen) atoms. The maximum absolute atomic E-state index is 13.2. The van der Waals surface area contributed by atoms with E-state index >= 15 is 0 Å². The van der Waals surface area contributed by atoms with Gasteiger partial charge in [-0.1, -0.05) is 62.6 Å². The summed E-state index contributed by atoms with van der Waals surface area (Å²) < 4.78 is 0. The predicted octanol–water partition coefficient (Wildman–Crippen LogP) is 5.19. The SMILES string of the molecule is CCCCC[C@@H](C)NC(=O)CCN1C(=O)c2ccccc2[C@@H]1c1c[nH]c2ccccc12. The molecule has 3 aromatic rings. The minimum absolute atomic E-state index is 0.00493. The molecule has 0 saturated carbocycles. The normalized spacial score (nSPS) is 16.5. The van der Waals surface area contributed by atoms with E-state index in [1.54, 1.807) is 0 Å². The fraction of sp³-hybridized carbons (Fsp3) is 0.385. The molecule has 0 unspecified atom stereocenters. The van der Waals surface area contributed by atoms with Gasteiger partial charge in [-0.2, -0.15) is 0 Å². The smallest absolute Gasteiger partial charge is 0.255 e. The lowest BCUT2D eigenvalue weighted by Gasteiger charge is -2.25. The summed E-state index contributed by atoms with van der Waals surface area (Å²) >= 11 is 0. The second-order valence-corrected chi connectivity index (χ2v) is 8.49. The van der Waals surface area contributed by atoms with Crippen LogP contribution in [0.2, 0.25) is 0 Å². The summed E-state index contributed by atoms with van der Waals surface area (Å²) in [7, 11) is 0. The van der Waals surface area contributed by atoms with Crippen LogP contribution >= 0.6 is 0 Å². The van der Waals surface area contributed by atoms with Gasteiger partial charge in [0.15, 0.2) is 0 Å². The first-order valence-corrected chi connectivity index (χ1v) is 11.4. The Kier molecular flexibility index (Phi) is 6.40. The predicted molar refractivity (Wildman–Crippen MR) is 124 cm³/mol. The number of amides is 2. The van der Waals surface area contributed by atoms with Gasteiger partial charge in [0, 0.05) is 47.2 Å². The van der Waals surface area contributed by atoms with Gasteiger partial charge in [0.25, 0.3) is 5.91 Å². The van der Waals surface area contributed by atoms with Crippen molar-refractivity contribution in [3.63, 3.8) is 0 Å². The van der Waals surface area contributed by atoms with Crippen LogP contribution in [0.25, 0.3) is 10.9 Å². The average Bonchev–Trinajstić information content (AvgIpc) is 3.31. The zero-order valence-corrected chi connectivity index (χ0v) is 18.4. The number of benzene rings is 2. The molecule has 2 amide bonds. The summed E-state index contributed by atoms with van der Waals surface area (Å²) in [6.07, 6.45) is 6.77. The van der Waals surface area contributed by atoms with Crippen LogP contribution in [0.15, 0.2) is 54.7 Å². The zero-order chi connectivity index (χ0) is 21.8. The minimum Gasteiger partial charge on any atom is -0.361 e. The number of hydrogen-bond donors (Lipinski definition) is 2. The van der Waals surface area contributed by atoms with E-state index in [4.69, 9.17) is 0 Å². The van der Waals surface area contributed by atoms with Gasteiger partial charge < -0.3 is 15.2 Å². The Morgan fingerprint density at radius 3 is 2.71 bits per heavy atom. The standard InChI is InChI=1S/C26H31N3O2/c1-3-4-5-10-18(2)28-24(30)15-16-29-25(20-12-6-7-13-21(20)26(29)31)22-17-27-23-14-9-8-11-19(22)23/h6-9,11-14,17-18,25,27H,3-5,10,15-16H2,1-2H3,(H,28,30)/t18-,25-/m1/s1. The largest absolute Gasteiger partial charge is 0.361 e. The fourth-order valence-electron chi connectivity index (χ4n) is 4.60. The van der Waals surface area contributed by atoms with Crippen LogP contribution in [-0.2, 0) is 4.79 Å². The van der Waals surface area contributed by atoms with E-state index in [1.165, 1.54) is 12.8 Å². The molecule has 4 rings (SSSR count). The first-order chi connectivity index (χ1) is 15.1. The number of H-pyrrole nitrogens is 1. The number of unbranched alkanes of at least 4 members (excludes halogenated alkanes) is 2. The van der Waals surface area contributed by atoms with Crippen LogP contribution in [0, 0.1) is 0 Å². The number of rotatable bonds is 9. The lowest BCUT2D eigenvalue weighted by molar-refractivity contribution is -0.122. The maximum atomic E-state index is 13.2. The van der Waals surface area contributed by atoms with Crippen LogP contribution in [0.1, 0.15) is 73.5 Å². The van der Waals surface area contributed by atoms with E-state index in [0.29, 0.717) is 13.0 Å². The molecular formula is C26H31N3O2. The monoisotopic (exact) mass is 417 g/mol. The number of aromatic nitrogens is 1. The Labute approximate surface area is 183 Å². The molecule has 0 radical (unpaired) electrons. The van der Waals surface area contributed by atoms with Gasteiger partial charge in [0.05, 0.1) is 6.04 Å². The number of nitrogens with zero attached hydrogens (tertiary/aromatic N) is 1. The quantitative estimate of drug-likeness (QED) is 0.471. The fourth-order valence-corrected chi connectivity index (χ4v) is 4.60. The van der Waals surface area contributed by atoms with E-state index in [1.807, 2.05) is 53.6 Å². The van der Waals surface area contributed by atoms with Crippen molar-refractivity contribution in [1.82, 2.24) is 15.2 Å². The van der Waals surface area contributed by atoms with Crippen LogP contribution in [0.4, 0.5) is 0 Å². The Morgan fingerprint density at radius 2 is 1.87 bits per heavy atom. The van der Waals surface area contributed by atoms with Gasteiger partial charge in [0.2, 0.25) is 5.91 Å². The molecule has 1 aliphatic rings. The molecule has 2 aromatic carbocycles. The third kappa shape index (κ3) is 4.36. The maximum Gasteiger partial charge on any atom is 0.255 e. The molecular weight excluding hydrogens is 386 g/mol.